The predicted molar refractivity (Wildman–Crippen MR) is 56.5 cm³/mol. The molecule has 0 saturated carbocycles. The van der Waals surface area contributed by atoms with Gasteiger partial charge >= 0.3 is 5.97 Å². The fraction of sp³-hybridized carbons (Fsp3) is 0.300. The van der Waals surface area contributed by atoms with Crippen LogP contribution < -0.4 is 10.6 Å². The second-order valence-electron chi connectivity index (χ2n) is 3.16. The molecular weight excluding hydrogens is 180 g/mol. The first kappa shape index (κ1) is 10.4. The fourth-order valence-electron chi connectivity index (χ4n) is 1.12. The number of benzene rings is 1. The number of ether oxygens (including phenoxy) is 1. The van der Waals surface area contributed by atoms with Crippen molar-refractivity contribution in [1.82, 2.24) is 0 Å². The Labute approximate surface area is 83.3 Å². The van der Waals surface area contributed by atoms with E-state index in [2.05, 4.69) is 4.74 Å². The van der Waals surface area contributed by atoms with Gasteiger partial charge in [-0.05, 0) is 18.2 Å². The van der Waals surface area contributed by atoms with Gasteiger partial charge in [-0.1, -0.05) is 0 Å². The first-order valence-corrected chi connectivity index (χ1v) is 4.21. The highest BCUT2D eigenvalue weighted by atomic mass is 16.5. The highest BCUT2D eigenvalue weighted by Gasteiger charge is 2.10. The number of nitrogen functional groups attached to an aromatic ring is 1. The van der Waals surface area contributed by atoms with Crippen LogP contribution in [-0.4, -0.2) is 27.2 Å². The summed E-state index contributed by atoms with van der Waals surface area (Å²) in [6.07, 6.45) is 0. The van der Waals surface area contributed by atoms with Crippen molar-refractivity contribution in [2.45, 2.75) is 0 Å². The van der Waals surface area contributed by atoms with Gasteiger partial charge in [0.2, 0.25) is 0 Å². The van der Waals surface area contributed by atoms with E-state index in [9.17, 15) is 4.79 Å². The third-order valence-electron chi connectivity index (χ3n) is 1.96. The van der Waals surface area contributed by atoms with Crippen LogP contribution in [0.2, 0.25) is 0 Å². The highest BCUT2D eigenvalue weighted by molar-refractivity contribution is 5.95. The largest absolute Gasteiger partial charge is 0.465 e. The van der Waals surface area contributed by atoms with Crippen LogP contribution in [-0.2, 0) is 4.74 Å². The van der Waals surface area contributed by atoms with Crippen LogP contribution >= 0.6 is 0 Å². The van der Waals surface area contributed by atoms with Gasteiger partial charge in [0, 0.05) is 25.5 Å². The van der Waals surface area contributed by atoms with Gasteiger partial charge in [0.25, 0.3) is 0 Å². The van der Waals surface area contributed by atoms with Gasteiger partial charge in [-0.25, -0.2) is 4.79 Å². The number of anilines is 2. The first-order valence-electron chi connectivity index (χ1n) is 4.21. The number of nitrogens with zero attached hydrogens (tertiary/aromatic N) is 1. The van der Waals surface area contributed by atoms with Gasteiger partial charge in [0.1, 0.15) is 0 Å². The average molecular weight is 194 g/mol. The van der Waals surface area contributed by atoms with Crippen molar-refractivity contribution in [2.24, 2.45) is 0 Å². The topological polar surface area (TPSA) is 55.6 Å². The van der Waals surface area contributed by atoms with E-state index in [1.807, 2.05) is 25.1 Å². The van der Waals surface area contributed by atoms with Crippen LogP contribution in [0.25, 0.3) is 0 Å². The minimum atomic E-state index is -0.409. The zero-order valence-electron chi connectivity index (χ0n) is 8.57. The summed E-state index contributed by atoms with van der Waals surface area (Å²) in [5.74, 6) is -0.409. The van der Waals surface area contributed by atoms with E-state index in [-0.39, 0.29) is 0 Å². The molecule has 0 unspecified atom stereocenters. The molecule has 0 aliphatic rings. The lowest BCUT2D eigenvalue weighted by Crippen LogP contribution is -2.11. The Morgan fingerprint density at radius 1 is 1.43 bits per heavy atom. The Morgan fingerprint density at radius 3 is 2.50 bits per heavy atom. The molecule has 0 amide bonds. The molecule has 0 aliphatic carbocycles. The molecule has 0 bridgehead atoms. The van der Waals surface area contributed by atoms with Crippen LogP contribution in [0.15, 0.2) is 18.2 Å². The van der Waals surface area contributed by atoms with Crippen LogP contribution in [0.4, 0.5) is 11.4 Å². The smallest absolute Gasteiger partial charge is 0.339 e. The number of nitrogens with two attached hydrogens (primary N) is 1. The molecular formula is C10H14N2O2. The van der Waals surface area contributed by atoms with Crippen molar-refractivity contribution in [2.75, 3.05) is 31.8 Å². The minimum Gasteiger partial charge on any atom is -0.465 e. The molecule has 0 atom stereocenters. The van der Waals surface area contributed by atoms with Crippen molar-refractivity contribution in [1.29, 1.82) is 0 Å². The highest BCUT2D eigenvalue weighted by Crippen LogP contribution is 2.20. The van der Waals surface area contributed by atoms with Crippen LogP contribution in [0.5, 0.6) is 0 Å². The lowest BCUT2D eigenvalue weighted by molar-refractivity contribution is 0.0602. The summed E-state index contributed by atoms with van der Waals surface area (Å²) >= 11 is 0. The second kappa shape index (κ2) is 4.00. The van der Waals surface area contributed by atoms with Gasteiger partial charge < -0.3 is 15.4 Å². The third kappa shape index (κ3) is 1.96. The molecule has 4 nitrogen and oxygen atoms in total. The standard InChI is InChI=1S/C10H14N2O2/c1-12(2)7-4-5-8(9(11)6-7)10(13)14-3/h4-6H,11H2,1-3H3. The maximum absolute atomic E-state index is 11.2. The molecule has 0 saturated heterocycles. The summed E-state index contributed by atoms with van der Waals surface area (Å²) in [5, 5.41) is 0. The van der Waals surface area contributed by atoms with Gasteiger partial charge in [-0.2, -0.15) is 0 Å². The van der Waals surface area contributed by atoms with Gasteiger partial charge in [0.05, 0.1) is 12.7 Å². The molecule has 14 heavy (non-hydrogen) atoms. The molecule has 76 valence electrons. The number of hydrogen-bond donors (Lipinski definition) is 1. The molecule has 0 heterocycles. The van der Waals surface area contributed by atoms with Gasteiger partial charge in [0.15, 0.2) is 0 Å². The predicted octanol–water partition coefficient (Wildman–Crippen LogP) is 1.12. The van der Waals surface area contributed by atoms with E-state index >= 15 is 0 Å². The van der Waals surface area contributed by atoms with Crippen LogP contribution in [0.1, 0.15) is 10.4 Å². The summed E-state index contributed by atoms with van der Waals surface area (Å²) in [6, 6.07) is 5.23. The molecule has 0 radical (unpaired) electrons. The number of hydrogen-bond acceptors (Lipinski definition) is 4. The number of carbonyl (C=O) groups excluding carboxylic acids is 1. The Hall–Kier alpha value is -1.71. The van der Waals surface area contributed by atoms with Crippen molar-refractivity contribution in [3.8, 4) is 0 Å². The summed E-state index contributed by atoms with van der Waals surface area (Å²) in [7, 11) is 5.15. The molecule has 1 aromatic rings. The summed E-state index contributed by atoms with van der Waals surface area (Å²) in [4.78, 5) is 13.1. The van der Waals surface area contributed by atoms with E-state index < -0.39 is 5.97 Å². The van der Waals surface area contributed by atoms with Crippen molar-refractivity contribution in [3.63, 3.8) is 0 Å². The molecule has 1 rings (SSSR count). The molecule has 2 N–H and O–H groups in total. The quantitative estimate of drug-likeness (QED) is 0.566. The van der Waals surface area contributed by atoms with Gasteiger partial charge in [-0.3, -0.25) is 0 Å². The molecule has 4 heteroatoms. The maximum Gasteiger partial charge on any atom is 0.339 e. The third-order valence-corrected chi connectivity index (χ3v) is 1.96. The van der Waals surface area contributed by atoms with E-state index in [1.165, 1.54) is 7.11 Å². The minimum absolute atomic E-state index is 0.401. The Kier molecular flexibility index (Phi) is 2.96. The zero-order valence-corrected chi connectivity index (χ0v) is 8.57. The molecule has 0 aromatic heterocycles. The zero-order chi connectivity index (χ0) is 10.7. The first-order chi connectivity index (χ1) is 6.56. The van der Waals surface area contributed by atoms with Crippen LogP contribution in [0, 0.1) is 0 Å². The van der Waals surface area contributed by atoms with Crippen LogP contribution in [0.3, 0.4) is 0 Å². The second-order valence-corrected chi connectivity index (χ2v) is 3.16. The Bertz CT molecular complexity index is 348. The monoisotopic (exact) mass is 194 g/mol. The number of carbonyl (C=O) groups is 1. The SMILES string of the molecule is COC(=O)c1ccc(N(C)C)cc1N. The number of rotatable bonds is 2. The lowest BCUT2D eigenvalue weighted by Gasteiger charge is -2.13. The van der Waals surface area contributed by atoms with Gasteiger partial charge in [-0.15, -0.1) is 0 Å². The molecule has 0 spiro atoms. The summed E-state index contributed by atoms with van der Waals surface area (Å²) in [5.41, 5.74) is 7.50. The average Bonchev–Trinajstić information content (AvgIpc) is 2.16. The molecule has 0 aliphatic heterocycles. The van der Waals surface area contributed by atoms with E-state index in [0.29, 0.717) is 11.3 Å². The molecule has 0 fully saturated rings. The Balaban J connectivity index is 3.07. The van der Waals surface area contributed by atoms with Crippen molar-refractivity contribution < 1.29 is 9.53 Å². The fourth-order valence-corrected chi connectivity index (χ4v) is 1.12. The van der Waals surface area contributed by atoms with E-state index in [0.717, 1.165) is 5.69 Å². The molecule has 1 aromatic carbocycles. The Morgan fingerprint density at radius 2 is 2.07 bits per heavy atom. The van der Waals surface area contributed by atoms with Crippen molar-refractivity contribution >= 4 is 17.3 Å². The number of methoxy groups -OCH3 is 1. The summed E-state index contributed by atoms with van der Waals surface area (Å²) < 4.78 is 4.58. The number of esters is 1. The van der Waals surface area contributed by atoms with Crippen molar-refractivity contribution in [3.05, 3.63) is 23.8 Å². The lowest BCUT2D eigenvalue weighted by atomic mass is 10.1. The van der Waals surface area contributed by atoms with E-state index in [1.54, 1.807) is 12.1 Å². The maximum atomic E-state index is 11.2. The van der Waals surface area contributed by atoms with E-state index in [4.69, 9.17) is 5.73 Å². The normalized spacial score (nSPS) is 9.64. The summed E-state index contributed by atoms with van der Waals surface area (Å²) in [6.45, 7) is 0.